The normalized spacial score (nSPS) is 11.1. The Labute approximate surface area is 136 Å². The molecule has 0 bridgehead atoms. The van der Waals surface area contributed by atoms with Crippen molar-refractivity contribution in [2.24, 2.45) is 4.99 Å². The monoisotopic (exact) mass is 365 g/mol. The van der Waals surface area contributed by atoms with Crippen molar-refractivity contribution in [2.75, 3.05) is 5.43 Å². The minimum Gasteiger partial charge on any atom is -0.300 e. The number of nitrogens with zero attached hydrogens (tertiary/aromatic N) is 1. The van der Waals surface area contributed by atoms with Crippen LogP contribution in [0.15, 0.2) is 58.0 Å². The minimum absolute atomic E-state index is 0.181. The summed E-state index contributed by atoms with van der Waals surface area (Å²) in [6, 6.07) is 14.5. The first-order chi connectivity index (χ1) is 10.0. The lowest BCUT2D eigenvalue weighted by atomic mass is 10.3. The molecule has 0 aliphatic rings. The molecule has 0 saturated heterocycles. The summed E-state index contributed by atoms with van der Waals surface area (Å²) in [7, 11) is 0. The van der Waals surface area contributed by atoms with E-state index < -0.39 is 0 Å². The van der Waals surface area contributed by atoms with Crippen molar-refractivity contribution in [3.8, 4) is 0 Å². The molecule has 2 N–H and O–H groups in total. The van der Waals surface area contributed by atoms with Crippen LogP contribution in [-0.4, -0.2) is 11.6 Å². The van der Waals surface area contributed by atoms with Crippen LogP contribution in [0.1, 0.15) is 6.92 Å². The molecule has 108 valence electrons. The van der Waals surface area contributed by atoms with Crippen LogP contribution in [0.2, 0.25) is 5.02 Å². The molecule has 0 radical (unpaired) electrons. The van der Waals surface area contributed by atoms with Gasteiger partial charge in [0.1, 0.15) is 0 Å². The number of aliphatic imine (C=N–C) groups is 1. The fourth-order valence-corrected chi connectivity index (χ4v) is 1.98. The summed E-state index contributed by atoms with van der Waals surface area (Å²) in [5.74, 6) is 0.0276. The van der Waals surface area contributed by atoms with E-state index >= 15 is 0 Å². The van der Waals surface area contributed by atoms with Crippen LogP contribution < -0.4 is 10.9 Å². The van der Waals surface area contributed by atoms with Crippen LogP contribution in [0.4, 0.5) is 11.4 Å². The number of hydrazine groups is 1. The summed E-state index contributed by atoms with van der Waals surface area (Å²) in [5, 5.41) is 0.569. The number of hydrogen-bond donors (Lipinski definition) is 2. The van der Waals surface area contributed by atoms with E-state index in [-0.39, 0.29) is 11.6 Å². The van der Waals surface area contributed by atoms with Crippen molar-refractivity contribution >= 4 is 50.5 Å². The number of nitrogens with one attached hydrogen (secondary N) is 2. The van der Waals surface area contributed by atoms with Crippen molar-refractivity contribution in [2.45, 2.75) is 6.92 Å². The number of ketones is 1. The van der Waals surface area contributed by atoms with Gasteiger partial charge >= 0.3 is 0 Å². The maximum Gasteiger partial charge on any atom is 0.196 e. The summed E-state index contributed by atoms with van der Waals surface area (Å²) in [6.07, 6.45) is 0. The molecule has 2 aromatic rings. The smallest absolute Gasteiger partial charge is 0.196 e. The Bertz CT molecular complexity index is 671. The SMILES string of the molecule is CC(=O)C(=Nc1cccc(Cl)c1)NNc1ccc(Br)cc1. The van der Waals surface area contributed by atoms with Crippen molar-refractivity contribution in [1.29, 1.82) is 0 Å². The van der Waals surface area contributed by atoms with Gasteiger partial charge < -0.3 is 0 Å². The Kier molecular flexibility index (Phi) is 5.36. The second-order valence-corrected chi connectivity index (χ2v) is 5.61. The van der Waals surface area contributed by atoms with Gasteiger partial charge in [0, 0.05) is 16.4 Å². The highest BCUT2D eigenvalue weighted by atomic mass is 79.9. The lowest BCUT2D eigenvalue weighted by Gasteiger charge is -2.10. The quantitative estimate of drug-likeness (QED) is 0.481. The topological polar surface area (TPSA) is 53.5 Å². The predicted molar refractivity (Wildman–Crippen MR) is 90.1 cm³/mol. The minimum atomic E-state index is -0.181. The number of benzene rings is 2. The number of hydrogen-bond acceptors (Lipinski definition) is 3. The van der Waals surface area contributed by atoms with Crippen LogP contribution in [0.25, 0.3) is 0 Å². The van der Waals surface area contributed by atoms with Crippen LogP contribution in [-0.2, 0) is 4.79 Å². The molecule has 2 rings (SSSR count). The second-order valence-electron chi connectivity index (χ2n) is 4.25. The van der Waals surface area contributed by atoms with Gasteiger partial charge in [-0.15, -0.1) is 0 Å². The summed E-state index contributed by atoms with van der Waals surface area (Å²) >= 11 is 9.26. The third kappa shape index (κ3) is 4.88. The van der Waals surface area contributed by atoms with E-state index in [1.807, 2.05) is 24.3 Å². The Balaban J connectivity index is 2.12. The number of carbonyl (C=O) groups excluding carboxylic acids is 1. The molecular formula is C15H13BrClN3O. The third-order valence-corrected chi connectivity index (χ3v) is 3.32. The Morgan fingerprint density at radius 1 is 1.19 bits per heavy atom. The van der Waals surface area contributed by atoms with Crippen LogP contribution in [0, 0.1) is 0 Å². The lowest BCUT2D eigenvalue weighted by molar-refractivity contribution is -0.111. The molecule has 0 aromatic heterocycles. The fourth-order valence-electron chi connectivity index (χ4n) is 1.53. The number of anilines is 1. The first-order valence-corrected chi connectivity index (χ1v) is 7.34. The van der Waals surface area contributed by atoms with Crippen molar-refractivity contribution in [1.82, 2.24) is 5.43 Å². The molecule has 6 heteroatoms. The maximum atomic E-state index is 11.6. The summed E-state index contributed by atoms with van der Waals surface area (Å²) < 4.78 is 0.979. The predicted octanol–water partition coefficient (Wildman–Crippen LogP) is 4.34. The summed E-state index contributed by atoms with van der Waals surface area (Å²) in [5.41, 5.74) is 7.17. The molecule has 4 nitrogen and oxygen atoms in total. The van der Waals surface area contributed by atoms with E-state index in [0.717, 1.165) is 10.2 Å². The number of carbonyl (C=O) groups is 1. The first-order valence-electron chi connectivity index (χ1n) is 6.17. The van der Waals surface area contributed by atoms with Crippen LogP contribution in [0.5, 0.6) is 0 Å². The highest BCUT2D eigenvalue weighted by molar-refractivity contribution is 9.10. The molecule has 2 aromatic carbocycles. The molecule has 0 fully saturated rings. The van der Waals surface area contributed by atoms with E-state index in [9.17, 15) is 4.79 Å². The van der Waals surface area contributed by atoms with Gasteiger partial charge in [0.2, 0.25) is 0 Å². The third-order valence-electron chi connectivity index (χ3n) is 2.55. The standard InChI is InChI=1S/C15H13BrClN3O/c1-10(21)15(18-14-4-2-3-12(17)9-14)20-19-13-7-5-11(16)6-8-13/h2-9,19H,1H3,(H,18,20). The molecule has 21 heavy (non-hydrogen) atoms. The Morgan fingerprint density at radius 3 is 2.52 bits per heavy atom. The average molecular weight is 367 g/mol. The van der Waals surface area contributed by atoms with E-state index in [2.05, 4.69) is 31.8 Å². The molecule has 0 atom stereocenters. The average Bonchev–Trinajstić information content (AvgIpc) is 2.45. The highest BCUT2D eigenvalue weighted by Crippen LogP contribution is 2.18. The van der Waals surface area contributed by atoms with Gasteiger partial charge in [-0.1, -0.05) is 33.6 Å². The molecule has 0 amide bonds. The Morgan fingerprint density at radius 2 is 1.90 bits per heavy atom. The van der Waals surface area contributed by atoms with Gasteiger partial charge in [0.05, 0.1) is 11.4 Å². The first kappa shape index (κ1) is 15.5. The molecule has 0 spiro atoms. The van der Waals surface area contributed by atoms with E-state index in [4.69, 9.17) is 11.6 Å². The number of rotatable bonds is 4. The van der Waals surface area contributed by atoms with Gasteiger partial charge in [0.15, 0.2) is 11.6 Å². The molecule has 0 aliphatic carbocycles. The highest BCUT2D eigenvalue weighted by Gasteiger charge is 2.06. The second kappa shape index (κ2) is 7.24. The molecule has 0 unspecified atom stereocenters. The summed E-state index contributed by atoms with van der Waals surface area (Å²) in [4.78, 5) is 15.9. The Hall–Kier alpha value is -1.85. The van der Waals surface area contributed by atoms with Crippen LogP contribution >= 0.6 is 27.5 Å². The lowest BCUT2D eigenvalue weighted by Crippen LogP contribution is -2.34. The van der Waals surface area contributed by atoms with E-state index in [0.29, 0.717) is 10.7 Å². The fraction of sp³-hybridized carbons (Fsp3) is 0.0667. The van der Waals surface area contributed by atoms with E-state index in [1.54, 1.807) is 24.3 Å². The zero-order chi connectivity index (χ0) is 15.2. The van der Waals surface area contributed by atoms with E-state index in [1.165, 1.54) is 6.92 Å². The molecule has 0 heterocycles. The van der Waals surface area contributed by atoms with Gasteiger partial charge in [-0.3, -0.25) is 15.6 Å². The zero-order valence-electron chi connectivity index (χ0n) is 11.2. The molecular weight excluding hydrogens is 354 g/mol. The van der Waals surface area contributed by atoms with Gasteiger partial charge in [-0.05, 0) is 42.5 Å². The number of halogens is 2. The van der Waals surface area contributed by atoms with Crippen molar-refractivity contribution in [3.63, 3.8) is 0 Å². The molecule has 0 aliphatic heterocycles. The number of Topliss-reactive ketones (excluding diaryl/α,β-unsaturated/α-hetero) is 1. The van der Waals surface area contributed by atoms with Crippen LogP contribution in [0.3, 0.4) is 0 Å². The van der Waals surface area contributed by atoms with Crippen molar-refractivity contribution in [3.05, 3.63) is 58.0 Å². The van der Waals surface area contributed by atoms with Gasteiger partial charge in [0.25, 0.3) is 0 Å². The number of amidine groups is 1. The largest absolute Gasteiger partial charge is 0.300 e. The maximum absolute atomic E-state index is 11.6. The van der Waals surface area contributed by atoms with Crippen molar-refractivity contribution < 1.29 is 4.79 Å². The van der Waals surface area contributed by atoms with Gasteiger partial charge in [-0.25, -0.2) is 4.99 Å². The summed E-state index contributed by atoms with van der Waals surface area (Å²) in [6.45, 7) is 1.44. The molecule has 0 saturated carbocycles. The zero-order valence-corrected chi connectivity index (χ0v) is 13.6. The van der Waals surface area contributed by atoms with Gasteiger partial charge in [-0.2, -0.15) is 0 Å².